The van der Waals surface area contributed by atoms with Gasteiger partial charge in [0.25, 0.3) is 0 Å². The van der Waals surface area contributed by atoms with Crippen molar-refractivity contribution >= 4 is 25.6 Å². The number of sulfonamides is 1. The summed E-state index contributed by atoms with van der Waals surface area (Å²) in [5, 5.41) is 2.93. The third-order valence-electron chi connectivity index (χ3n) is 3.72. The number of hydrogen-bond donors (Lipinski definition) is 1. The van der Waals surface area contributed by atoms with Crippen molar-refractivity contribution in [3.8, 4) is 0 Å². The van der Waals surface area contributed by atoms with Crippen molar-refractivity contribution in [2.45, 2.75) is 17.4 Å². The Morgan fingerprint density at radius 1 is 1.35 bits per heavy atom. The first-order valence-electron chi connectivity index (χ1n) is 7.11. The monoisotopic (exact) mass is 360 g/mol. The Labute approximate surface area is 136 Å². The zero-order valence-corrected chi connectivity index (χ0v) is 14.7. The van der Waals surface area contributed by atoms with Gasteiger partial charge in [0, 0.05) is 25.7 Å². The number of carbonyl (C=O) groups excluding carboxylic acids is 1. The van der Waals surface area contributed by atoms with Crippen LogP contribution in [0, 0.1) is 0 Å². The second-order valence-electron chi connectivity index (χ2n) is 5.72. The molecule has 0 radical (unpaired) electrons. The summed E-state index contributed by atoms with van der Waals surface area (Å²) in [5.41, 5.74) is 0.279. The minimum absolute atomic E-state index is 0.0222. The Kier molecular flexibility index (Phi) is 5.24. The van der Waals surface area contributed by atoms with Gasteiger partial charge < -0.3 is 5.32 Å². The molecule has 1 aliphatic rings. The number of benzene rings is 1. The average molecular weight is 360 g/mol. The summed E-state index contributed by atoms with van der Waals surface area (Å²) in [5.74, 6) is -0.102. The maximum atomic E-state index is 12.2. The fraction of sp³-hybridized carbons (Fsp3) is 0.500. The largest absolute Gasteiger partial charge is 0.306 e. The van der Waals surface area contributed by atoms with Gasteiger partial charge >= 0.3 is 0 Å². The minimum atomic E-state index is -3.60. The number of nitrogens with zero attached hydrogens (tertiary/aromatic N) is 1. The van der Waals surface area contributed by atoms with Crippen molar-refractivity contribution in [2.24, 2.45) is 0 Å². The molecule has 0 bridgehead atoms. The summed E-state index contributed by atoms with van der Waals surface area (Å²) >= 11 is 0. The van der Waals surface area contributed by atoms with E-state index in [2.05, 4.69) is 5.32 Å². The van der Waals surface area contributed by atoms with Crippen LogP contribution < -0.4 is 5.32 Å². The third kappa shape index (κ3) is 4.37. The highest BCUT2D eigenvalue weighted by Crippen LogP contribution is 2.16. The quantitative estimate of drug-likeness (QED) is 0.711. The van der Waals surface area contributed by atoms with E-state index in [-0.39, 0.29) is 40.3 Å². The van der Waals surface area contributed by atoms with Crippen LogP contribution >= 0.6 is 0 Å². The summed E-state index contributed by atoms with van der Waals surface area (Å²) in [4.78, 5) is 12.2. The van der Waals surface area contributed by atoms with Crippen LogP contribution in [0.15, 0.2) is 29.2 Å². The van der Waals surface area contributed by atoms with Gasteiger partial charge in [-0.1, -0.05) is 12.1 Å². The highest BCUT2D eigenvalue weighted by Gasteiger charge is 2.28. The highest BCUT2D eigenvalue weighted by molar-refractivity contribution is 7.91. The summed E-state index contributed by atoms with van der Waals surface area (Å²) in [6.07, 6.45) is 0.491. The van der Waals surface area contributed by atoms with Gasteiger partial charge in [-0.3, -0.25) is 4.79 Å². The molecule has 1 N–H and O–H groups in total. The molecule has 1 saturated heterocycles. The van der Waals surface area contributed by atoms with Gasteiger partial charge in [0.1, 0.15) is 0 Å². The molecule has 1 atom stereocenters. The van der Waals surface area contributed by atoms with Gasteiger partial charge in [0.05, 0.1) is 22.9 Å². The van der Waals surface area contributed by atoms with Gasteiger partial charge in [-0.15, -0.1) is 0 Å². The Bertz CT molecular complexity index is 800. The molecule has 0 amide bonds. The fourth-order valence-electron chi connectivity index (χ4n) is 2.34. The van der Waals surface area contributed by atoms with Gasteiger partial charge in [-0.2, -0.15) is 0 Å². The molecular weight excluding hydrogens is 340 g/mol. The van der Waals surface area contributed by atoms with E-state index in [9.17, 15) is 21.6 Å². The molecule has 1 heterocycles. The van der Waals surface area contributed by atoms with Gasteiger partial charge in [0.2, 0.25) is 10.0 Å². The Morgan fingerprint density at radius 2 is 2.04 bits per heavy atom. The molecule has 1 fully saturated rings. The van der Waals surface area contributed by atoms with E-state index in [0.29, 0.717) is 6.42 Å². The lowest BCUT2D eigenvalue weighted by molar-refractivity contribution is 0.0988. The number of ketones is 1. The van der Waals surface area contributed by atoms with Crippen molar-refractivity contribution in [2.75, 3.05) is 32.1 Å². The average Bonchev–Trinajstić information content (AvgIpc) is 2.84. The smallest absolute Gasteiger partial charge is 0.242 e. The molecule has 1 aromatic carbocycles. The first-order valence-corrected chi connectivity index (χ1v) is 10.4. The Morgan fingerprint density at radius 3 is 2.61 bits per heavy atom. The summed E-state index contributed by atoms with van der Waals surface area (Å²) in [6, 6.07) is 5.61. The molecule has 0 aromatic heterocycles. The second-order valence-corrected chi connectivity index (χ2v) is 10.1. The number of nitrogens with one attached hydrogen (secondary N) is 1. The molecule has 23 heavy (non-hydrogen) atoms. The van der Waals surface area contributed by atoms with Crippen LogP contribution in [-0.4, -0.2) is 65.1 Å². The highest BCUT2D eigenvalue weighted by atomic mass is 32.2. The Hall–Kier alpha value is -1.29. The molecule has 9 heteroatoms. The van der Waals surface area contributed by atoms with Crippen LogP contribution in [0.1, 0.15) is 16.8 Å². The Balaban J connectivity index is 2.06. The first kappa shape index (κ1) is 18.1. The standard InChI is InChI=1S/C14H20N2O5S2/c1-16(2)23(20,21)13-5-3-4-11(8-13)14(17)9-15-12-6-7-22(18,19)10-12/h3-5,8,12,15H,6-7,9-10H2,1-2H3. The van der Waals surface area contributed by atoms with E-state index in [1.807, 2.05) is 0 Å². The molecule has 0 saturated carbocycles. The maximum absolute atomic E-state index is 12.2. The number of sulfone groups is 1. The fourth-order valence-corrected chi connectivity index (χ4v) is 4.99. The van der Waals surface area contributed by atoms with Crippen LogP contribution in [0.5, 0.6) is 0 Å². The number of hydrogen-bond acceptors (Lipinski definition) is 6. The SMILES string of the molecule is CN(C)S(=O)(=O)c1cccc(C(=O)CNC2CCS(=O)(=O)C2)c1. The summed E-state index contributed by atoms with van der Waals surface area (Å²) in [7, 11) is -3.75. The van der Waals surface area contributed by atoms with E-state index in [1.165, 1.54) is 32.3 Å². The molecule has 1 aromatic rings. The van der Waals surface area contributed by atoms with Crippen molar-refractivity contribution in [3.05, 3.63) is 29.8 Å². The first-order chi connectivity index (χ1) is 10.6. The van der Waals surface area contributed by atoms with Crippen LogP contribution in [0.3, 0.4) is 0 Å². The number of carbonyl (C=O) groups is 1. The van der Waals surface area contributed by atoms with E-state index >= 15 is 0 Å². The molecule has 128 valence electrons. The van der Waals surface area contributed by atoms with Crippen LogP contribution in [-0.2, 0) is 19.9 Å². The van der Waals surface area contributed by atoms with Gasteiger partial charge in [-0.05, 0) is 18.6 Å². The maximum Gasteiger partial charge on any atom is 0.242 e. The van der Waals surface area contributed by atoms with Crippen LogP contribution in [0.4, 0.5) is 0 Å². The number of Topliss-reactive ketones (excluding diaryl/α,β-unsaturated/α-hetero) is 1. The third-order valence-corrected chi connectivity index (χ3v) is 7.30. The summed E-state index contributed by atoms with van der Waals surface area (Å²) < 4.78 is 48.0. The lowest BCUT2D eigenvalue weighted by atomic mass is 10.1. The van der Waals surface area contributed by atoms with Gasteiger partial charge in [0.15, 0.2) is 15.6 Å². The number of rotatable bonds is 6. The van der Waals surface area contributed by atoms with Crippen LogP contribution in [0.2, 0.25) is 0 Å². The molecule has 1 unspecified atom stereocenters. The van der Waals surface area contributed by atoms with Crippen molar-refractivity contribution in [1.29, 1.82) is 0 Å². The van der Waals surface area contributed by atoms with E-state index in [1.54, 1.807) is 6.07 Å². The van der Waals surface area contributed by atoms with Crippen molar-refractivity contribution in [1.82, 2.24) is 9.62 Å². The molecular formula is C14H20N2O5S2. The van der Waals surface area contributed by atoms with Crippen molar-refractivity contribution in [3.63, 3.8) is 0 Å². The molecule has 0 aliphatic carbocycles. The molecule has 1 aliphatic heterocycles. The van der Waals surface area contributed by atoms with E-state index in [4.69, 9.17) is 0 Å². The van der Waals surface area contributed by atoms with E-state index in [0.717, 1.165) is 4.31 Å². The van der Waals surface area contributed by atoms with Crippen molar-refractivity contribution < 1.29 is 21.6 Å². The molecule has 2 rings (SSSR count). The predicted molar refractivity (Wildman–Crippen MR) is 86.7 cm³/mol. The predicted octanol–water partition coefficient (Wildman–Crippen LogP) is -0.104. The minimum Gasteiger partial charge on any atom is -0.306 e. The molecule has 7 nitrogen and oxygen atoms in total. The zero-order valence-electron chi connectivity index (χ0n) is 13.0. The molecule has 0 spiro atoms. The van der Waals surface area contributed by atoms with Crippen LogP contribution in [0.25, 0.3) is 0 Å². The summed E-state index contributed by atoms with van der Waals surface area (Å²) in [6.45, 7) is -0.0222. The van der Waals surface area contributed by atoms with E-state index < -0.39 is 19.9 Å². The normalized spacial score (nSPS) is 20.7. The van der Waals surface area contributed by atoms with Gasteiger partial charge in [-0.25, -0.2) is 21.1 Å². The lowest BCUT2D eigenvalue weighted by Crippen LogP contribution is -2.34. The topological polar surface area (TPSA) is 101 Å². The second kappa shape index (κ2) is 6.68. The lowest BCUT2D eigenvalue weighted by Gasteiger charge is -2.13. The zero-order chi connectivity index (χ0) is 17.3.